The first-order chi connectivity index (χ1) is 13.0. The van der Waals surface area contributed by atoms with Crippen molar-refractivity contribution in [3.63, 3.8) is 0 Å². The summed E-state index contributed by atoms with van der Waals surface area (Å²) in [5.74, 6) is -0.435. The number of ether oxygens (including phenoxy) is 3. The summed E-state index contributed by atoms with van der Waals surface area (Å²) >= 11 is 0. The standard InChI is InChI=1S/C18H26F3N3O3/c1-3-22-18(24-12(2)10-26-13-7-8-25-11-13)23-9-14-15(19)5-4-6-16(14)27-17(20)21/h4-6,12-13,17H,3,7-11H2,1-2H3,(H2,22,23,24). The highest BCUT2D eigenvalue weighted by Gasteiger charge is 2.18. The van der Waals surface area contributed by atoms with Gasteiger partial charge in [-0.2, -0.15) is 8.78 Å². The Kier molecular flexibility index (Phi) is 8.66. The molecule has 1 saturated heterocycles. The average molecular weight is 389 g/mol. The minimum atomic E-state index is -3.03. The Balaban J connectivity index is 1.98. The summed E-state index contributed by atoms with van der Waals surface area (Å²) in [6, 6.07) is 3.74. The number of halogens is 3. The zero-order valence-electron chi connectivity index (χ0n) is 15.5. The SMILES string of the molecule is CCNC(=NCc1c(F)cccc1OC(F)F)NC(C)COC1CCOC1. The molecule has 2 rings (SSSR count). The molecule has 1 aliphatic rings. The van der Waals surface area contributed by atoms with Gasteiger partial charge in [-0.3, -0.25) is 0 Å². The monoisotopic (exact) mass is 389 g/mol. The van der Waals surface area contributed by atoms with E-state index in [9.17, 15) is 13.2 Å². The third-order valence-corrected chi connectivity index (χ3v) is 3.88. The van der Waals surface area contributed by atoms with E-state index in [2.05, 4.69) is 20.4 Å². The number of benzene rings is 1. The fraction of sp³-hybridized carbons (Fsp3) is 0.611. The van der Waals surface area contributed by atoms with Crippen molar-refractivity contribution in [2.24, 2.45) is 4.99 Å². The number of rotatable bonds is 9. The molecule has 9 heteroatoms. The van der Waals surface area contributed by atoms with Crippen LogP contribution in [0.5, 0.6) is 5.75 Å². The lowest BCUT2D eigenvalue weighted by molar-refractivity contribution is -0.0506. The second-order valence-corrected chi connectivity index (χ2v) is 6.15. The first-order valence-corrected chi connectivity index (χ1v) is 8.96. The van der Waals surface area contributed by atoms with Crippen molar-refractivity contribution in [1.82, 2.24) is 10.6 Å². The van der Waals surface area contributed by atoms with E-state index in [1.165, 1.54) is 18.2 Å². The molecule has 1 aliphatic heterocycles. The van der Waals surface area contributed by atoms with Gasteiger partial charge in [0.1, 0.15) is 11.6 Å². The number of nitrogens with one attached hydrogen (secondary N) is 2. The molecule has 2 N–H and O–H groups in total. The summed E-state index contributed by atoms with van der Waals surface area (Å²) in [5.41, 5.74) is -0.0259. The van der Waals surface area contributed by atoms with Crippen molar-refractivity contribution in [3.8, 4) is 5.75 Å². The van der Waals surface area contributed by atoms with Crippen LogP contribution >= 0.6 is 0 Å². The van der Waals surface area contributed by atoms with Gasteiger partial charge in [0.25, 0.3) is 0 Å². The quantitative estimate of drug-likeness (QED) is 0.502. The minimum Gasteiger partial charge on any atom is -0.434 e. The van der Waals surface area contributed by atoms with E-state index < -0.39 is 12.4 Å². The van der Waals surface area contributed by atoms with E-state index >= 15 is 0 Å². The van der Waals surface area contributed by atoms with Crippen LogP contribution < -0.4 is 15.4 Å². The molecule has 0 aliphatic carbocycles. The van der Waals surface area contributed by atoms with Gasteiger partial charge in [-0.1, -0.05) is 6.07 Å². The van der Waals surface area contributed by atoms with Gasteiger partial charge in [-0.25, -0.2) is 9.38 Å². The molecule has 0 radical (unpaired) electrons. The number of hydrogen-bond acceptors (Lipinski definition) is 4. The highest BCUT2D eigenvalue weighted by molar-refractivity contribution is 5.80. The lowest BCUT2D eigenvalue weighted by Gasteiger charge is -2.20. The predicted molar refractivity (Wildman–Crippen MR) is 95.6 cm³/mol. The van der Waals surface area contributed by atoms with Crippen LogP contribution in [0.3, 0.4) is 0 Å². The zero-order chi connectivity index (χ0) is 19.6. The summed E-state index contributed by atoms with van der Waals surface area (Å²) in [6.07, 6.45) is 0.974. The highest BCUT2D eigenvalue weighted by atomic mass is 19.3. The molecule has 1 fully saturated rings. The third kappa shape index (κ3) is 7.26. The van der Waals surface area contributed by atoms with E-state index in [0.717, 1.165) is 6.42 Å². The van der Waals surface area contributed by atoms with Crippen LogP contribution in [0.15, 0.2) is 23.2 Å². The summed E-state index contributed by atoms with van der Waals surface area (Å²) in [6.45, 7) is 3.00. The number of guanidine groups is 1. The van der Waals surface area contributed by atoms with Crippen LogP contribution in [0.2, 0.25) is 0 Å². The molecule has 152 valence electrons. The predicted octanol–water partition coefficient (Wildman–Crippen LogP) is 2.68. The van der Waals surface area contributed by atoms with Gasteiger partial charge in [0.05, 0.1) is 31.4 Å². The van der Waals surface area contributed by atoms with Gasteiger partial charge in [0.15, 0.2) is 5.96 Å². The van der Waals surface area contributed by atoms with Crippen LogP contribution in [-0.4, -0.2) is 51.1 Å². The summed E-state index contributed by atoms with van der Waals surface area (Å²) in [4.78, 5) is 4.28. The van der Waals surface area contributed by atoms with Crippen LogP contribution in [0.4, 0.5) is 13.2 Å². The Bertz CT molecular complexity index is 611. The number of alkyl halides is 2. The lowest BCUT2D eigenvalue weighted by Crippen LogP contribution is -2.44. The molecule has 6 nitrogen and oxygen atoms in total. The Labute approximate surface area is 157 Å². The van der Waals surface area contributed by atoms with Crippen LogP contribution in [-0.2, 0) is 16.0 Å². The molecule has 1 heterocycles. The maximum atomic E-state index is 14.0. The second kappa shape index (κ2) is 11.0. The Hall–Kier alpha value is -2.00. The van der Waals surface area contributed by atoms with Gasteiger partial charge in [0.2, 0.25) is 0 Å². The average Bonchev–Trinajstić information content (AvgIpc) is 3.12. The zero-order valence-corrected chi connectivity index (χ0v) is 15.5. The van der Waals surface area contributed by atoms with Crippen molar-refractivity contribution in [2.45, 2.75) is 45.6 Å². The normalized spacial score (nSPS) is 18.6. The van der Waals surface area contributed by atoms with Crippen LogP contribution in [0.1, 0.15) is 25.8 Å². The van der Waals surface area contributed by atoms with Crippen molar-refractivity contribution < 1.29 is 27.4 Å². The van der Waals surface area contributed by atoms with Crippen molar-refractivity contribution in [2.75, 3.05) is 26.4 Å². The molecule has 1 aromatic rings. The lowest BCUT2D eigenvalue weighted by atomic mass is 10.2. The molecule has 2 unspecified atom stereocenters. The number of hydrogen-bond donors (Lipinski definition) is 2. The largest absolute Gasteiger partial charge is 0.434 e. The molecule has 0 bridgehead atoms. The van der Waals surface area contributed by atoms with Crippen molar-refractivity contribution >= 4 is 5.96 Å². The molecular weight excluding hydrogens is 363 g/mol. The Morgan fingerprint density at radius 3 is 2.89 bits per heavy atom. The van der Waals surface area contributed by atoms with Gasteiger partial charge in [-0.15, -0.1) is 0 Å². The molecule has 0 aromatic heterocycles. The third-order valence-electron chi connectivity index (χ3n) is 3.88. The maximum Gasteiger partial charge on any atom is 0.387 e. The molecule has 2 atom stereocenters. The van der Waals surface area contributed by atoms with Gasteiger partial charge < -0.3 is 24.8 Å². The van der Waals surface area contributed by atoms with Crippen molar-refractivity contribution in [1.29, 1.82) is 0 Å². The van der Waals surface area contributed by atoms with E-state index in [1.54, 1.807) is 0 Å². The molecule has 27 heavy (non-hydrogen) atoms. The van der Waals surface area contributed by atoms with Gasteiger partial charge >= 0.3 is 6.61 Å². The van der Waals surface area contributed by atoms with E-state index in [4.69, 9.17) is 9.47 Å². The fourth-order valence-electron chi connectivity index (χ4n) is 2.58. The van der Waals surface area contributed by atoms with Gasteiger partial charge in [0, 0.05) is 19.2 Å². The molecule has 0 amide bonds. The van der Waals surface area contributed by atoms with Crippen LogP contribution in [0, 0.1) is 5.82 Å². The second-order valence-electron chi connectivity index (χ2n) is 6.15. The van der Waals surface area contributed by atoms with Gasteiger partial charge in [-0.05, 0) is 32.4 Å². The van der Waals surface area contributed by atoms with Crippen LogP contribution in [0.25, 0.3) is 0 Å². The fourth-order valence-corrected chi connectivity index (χ4v) is 2.58. The summed E-state index contributed by atoms with van der Waals surface area (Å²) in [5, 5.41) is 6.19. The Morgan fingerprint density at radius 2 is 2.22 bits per heavy atom. The number of nitrogens with zero attached hydrogens (tertiary/aromatic N) is 1. The first kappa shape index (κ1) is 21.3. The van der Waals surface area contributed by atoms with E-state index in [1.807, 2.05) is 13.8 Å². The minimum absolute atomic E-state index is 0.0259. The smallest absolute Gasteiger partial charge is 0.387 e. The molecule has 1 aromatic carbocycles. The molecular formula is C18H26F3N3O3. The van der Waals surface area contributed by atoms with E-state index in [-0.39, 0.29) is 30.0 Å². The Morgan fingerprint density at radius 1 is 1.41 bits per heavy atom. The summed E-state index contributed by atoms with van der Waals surface area (Å²) in [7, 11) is 0. The van der Waals surface area contributed by atoms with E-state index in [0.29, 0.717) is 32.3 Å². The maximum absolute atomic E-state index is 14.0. The first-order valence-electron chi connectivity index (χ1n) is 8.96. The molecule has 0 spiro atoms. The summed E-state index contributed by atoms with van der Waals surface area (Å²) < 4.78 is 54.4. The number of aliphatic imine (C=N–C) groups is 1. The van der Waals surface area contributed by atoms with Crippen molar-refractivity contribution in [3.05, 3.63) is 29.6 Å². The molecule has 0 saturated carbocycles. The topological polar surface area (TPSA) is 64.1 Å². The highest BCUT2D eigenvalue weighted by Crippen LogP contribution is 2.24.